The number of methoxy groups -OCH3 is 1. The van der Waals surface area contributed by atoms with Gasteiger partial charge in [-0.1, -0.05) is 0 Å². The number of thiophene rings is 1. The van der Waals surface area contributed by atoms with Gasteiger partial charge in [0.05, 0.1) is 10.3 Å². The molecule has 1 amide bonds. The molecule has 1 saturated heterocycles. The highest BCUT2D eigenvalue weighted by Gasteiger charge is 2.41. The highest BCUT2D eigenvalue weighted by atomic mass is 79.9. The van der Waals surface area contributed by atoms with E-state index in [9.17, 15) is 4.79 Å². The van der Waals surface area contributed by atoms with Crippen LogP contribution in [0.3, 0.4) is 0 Å². The van der Waals surface area contributed by atoms with Crippen LogP contribution in [-0.4, -0.2) is 43.7 Å². The molecule has 0 spiro atoms. The number of nitrogens with zero attached hydrogens (tertiary/aromatic N) is 1. The summed E-state index contributed by atoms with van der Waals surface area (Å²) in [6.07, 6.45) is 1.47. The number of likely N-dealkylation sites (N-methyl/N-ethyl adjacent to an activating group) is 1. The van der Waals surface area contributed by atoms with E-state index in [4.69, 9.17) is 4.74 Å². The van der Waals surface area contributed by atoms with Crippen LogP contribution >= 0.6 is 27.3 Å². The Hall–Kier alpha value is -0.430. The first-order chi connectivity index (χ1) is 9.07. The number of hydrogen-bond donors (Lipinski definition) is 1. The van der Waals surface area contributed by atoms with Gasteiger partial charge in [0, 0.05) is 19.0 Å². The average Bonchev–Trinajstić information content (AvgIpc) is 2.84. The first-order valence-electron chi connectivity index (χ1n) is 6.33. The minimum Gasteiger partial charge on any atom is -0.368 e. The van der Waals surface area contributed by atoms with Gasteiger partial charge in [-0.05, 0) is 54.0 Å². The average molecular weight is 347 g/mol. The highest BCUT2D eigenvalue weighted by molar-refractivity contribution is 9.11. The molecule has 19 heavy (non-hydrogen) atoms. The van der Waals surface area contributed by atoms with Crippen molar-refractivity contribution in [3.05, 3.63) is 20.8 Å². The Morgan fingerprint density at radius 2 is 2.21 bits per heavy atom. The normalized spacial score (nSPS) is 18.3. The van der Waals surface area contributed by atoms with Gasteiger partial charge in [0.2, 0.25) is 0 Å². The fourth-order valence-electron chi connectivity index (χ4n) is 2.43. The van der Waals surface area contributed by atoms with Gasteiger partial charge in [0.1, 0.15) is 5.60 Å². The maximum atomic E-state index is 12.6. The molecule has 1 aliphatic heterocycles. The van der Waals surface area contributed by atoms with E-state index >= 15 is 0 Å². The van der Waals surface area contributed by atoms with E-state index in [0.717, 1.165) is 29.7 Å². The van der Waals surface area contributed by atoms with Gasteiger partial charge in [-0.3, -0.25) is 4.79 Å². The Labute approximate surface area is 126 Å². The summed E-state index contributed by atoms with van der Waals surface area (Å²) in [6, 6.07) is 4.05. The lowest BCUT2D eigenvalue weighted by molar-refractivity contribution is -0.157. The lowest BCUT2D eigenvalue weighted by atomic mass is 9.90. The number of carbonyl (C=O) groups is 1. The van der Waals surface area contributed by atoms with E-state index in [1.54, 1.807) is 23.3 Å². The van der Waals surface area contributed by atoms with Crippen molar-refractivity contribution in [2.45, 2.75) is 25.0 Å². The fourth-order valence-corrected chi connectivity index (χ4v) is 3.96. The number of amides is 1. The largest absolute Gasteiger partial charge is 0.368 e. The van der Waals surface area contributed by atoms with Gasteiger partial charge < -0.3 is 15.0 Å². The molecule has 1 aromatic rings. The van der Waals surface area contributed by atoms with Gasteiger partial charge >= 0.3 is 0 Å². The topological polar surface area (TPSA) is 41.6 Å². The summed E-state index contributed by atoms with van der Waals surface area (Å²) in [5.41, 5.74) is -0.644. The standard InChI is InChI=1S/C13H19BrN2O2S/c1-16(9-10-3-4-11(14)19-10)12(17)13(18-2)5-7-15-8-6-13/h3-4,15H,5-9H2,1-2H3. The quantitative estimate of drug-likeness (QED) is 0.908. The van der Waals surface area contributed by atoms with Crippen molar-refractivity contribution in [3.8, 4) is 0 Å². The molecule has 0 radical (unpaired) electrons. The summed E-state index contributed by atoms with van der Waals surface area (Å²) >= 11 is 5.10. The van der Waals surface area contributed by atoms with Gasteiger partial charge in [-0.15, -0.1) is 11.3 Å². The molecule has 1 N–H and O–H groups in total. The second-order valence-electron chi connectivity index (χ2n) is 4.82. The van der Waals surface area contributed by atoms with Crippen LogP contribution in [0.25, 0.3) is 0 Å². The fraction of sp³-hybridized carbons (Fsp3) is 0.615. The lowest BCUT2D eigenvalue weighted by Crippen LogP contribution is -2.54. The Kier molecular flexibility index (Phi) is 5.00. The summed E-state index contributed by atoms with van der Waals surface area (Å²) < 4.78 is 6.66. The van der Waals surface area contributed by atoms with Crippen molar-refractivity contribution in [2.24, 2.45) is 0 Å². The van der Waals surface area contributed by atoms with E-state index < -0.39 is 5.60 Å². The van der Waals surface area contributed by atoms with E-state index in [-0.39, 0.29) is 5.91 Å². The van der Waals surface area contributed by atoms with Gasteiger partial charge in [-0.2, -0.15) is 0 Å². The molecular formula is C13H19BrN2O2S. The molecular weight excluding hydrogens is 328 g/mol. The summed E-state index contributed by atoms with van der Waals surface area (Å²) in [6.45, 7) is 2.30. The van der Waals surface area contributed by atoms with Crippen LogP contribution in [-0.2, 0) is 16.1 Å². The molecule has 0 aliphatic carbocycles. The lowest BCUT2D eigenvalue weighted by Gasteiger charge is -2.37. The van der Waals surface area contributed by atoms with E-state index in [1.165, 1.54) is 4.88 Å². The molecule has 6 heteroatoms. The van der Waals surface area contributed by atoms with Crippen molar-refractivity contribution < 1.29 is 9.53 Å². The third-order valence-corrected chi connectivity index (χ3v) is 5.17. The molecule has 0 bridgehead atoms. The molecule has 0 aromatic carbocycles. The zero-order chi connectivity index (χ0) is 13.9. The number of ether oxygens (including phenoxy) is 1. The van der Waals surface area contributed by atoms with Crippen molar-refractivity contribution >= 4 is 33.2 Å². The van der Waals surface area contributed by atoms with Crippen LogP contribution in [0.4, 0.5) is 0 Å². The summed E-state index contributed by atoms with van der Waals surface area (Å²) in [4.78, 5) is 15.6. The van der Waals surface area contributed by atoms with Crippen molar-refractivity contribution in [2.75, 3.05) is 27.2 Å². The Morgan fingerprint density at radius 3 is 2.74 bits per heavy atom. The summed E-state index contributed by atoms with van der Waals surface area (Å²) in [7, 11) is 3.48. The Balaban J connectivity index is 2.04. The molecule has 106 valence electrons. The second-order valence-corrected chi connectivity index (χ2v) is 7.36. The number of hydrogen-bond acceptors (Lipinski definition) is 4. The van der Waals surface area contributed by atoms with Crippen LogP contribution < -0.4 is 5.32 Å². The minimum absolute atomic E-state index is 0.0843. The van der Waals surface area contributed by atoms with Crippen LogP contribution in [0, 0.1) is 0 Å². The molecule has 4 nitrogen and oxygen atoms in total. The molecule has 0 atom stereocenters. The van der Waals surface area contributed by atoms with Crippen molar-refractivity contribution in [3.63, 3.8) is 0 Å². The zero-order valence-electron chi connectivity index (χ0n) is 11.2. The number of halogens is 1. The van der Waals surface area contributed by atoms with E-state index in [1.807, 2.05) is 19.2 Å². The predicted molar refractivity (Wildman–Crippen MR) is 80.3 cm³/mol. The smallest absolute Gasteiger partial charge is 0.254 e. The molecule has 0 saturated carbocycles. The Morgan fingerprint density at radius 1 is 1.53 bits per heavy atom. The maximum absolute atomic E-state index is 12.6. The van der Waals surface area contributed by atoms with Gasteiger partial charge in [0.25, 0.3) is 5.91 Å². The third kappa shape index (κ3) is 3.37. The first-order valence-corrected chi connectivity index (χ1v) is 7.94. The van der Waals surface area contributed by atoms with Crippen molar-refractivity contribution in [1.82, 2.24) is 10.2 Å². The number of carbonyl (C=O) groups excluding carboxylic acids is 1. The molecule has 1 aliphatic rings. The third-order valence-electron chi connectivity index (χ3n) is 3.56. The SMILES string of the molecule is COC1(C(=O)N(C)Cc2ccc(Br)s2)CCNCC1. The zero-order valence-corrected chi connectivity index (χ0v) is 13.6. The van der Waals surface area contributed by atoms with Gasteiger partial charge in [-0.25, -0.2) is 0 Å². The van der Waals surface area contributed by atoms with Crippen LogP contribution in [0.5, 0.6) is 0 Å². The van der Waals surface area contributed by atoms with E-state index in [2.05, 4.69) is 21.2 Å². The molecule has 2 heterocycles. The minimum atomic E-state index is -0.644. The number of nitrogens with one attached hydrogen (secondary N) is 1. The summed E-state index contributed by atoms with van der Waals surface area (Å²) in [5, 5.41) is 3.27. The molecule has 0 unspecified atom stereocenters. The summed E-state index contributed by atoms with van der Waals surface area (Å²) in [5.74, 6) is 0.0843. The maximum Gasteiger partial charge on any atom is 0.254 e. The predicted octanol–water partition coefficient (Wildman–Crippen LogP) is 2.24. The Bertz CT molecular complexity index is 444. The second kappa shape index (κ2) is 6.35. The van der Waals surface area contributed by atoms with Crippen LogP contribution in [0.15, 0.2) is 15.9 Å². The van der Waals surface area contributed by atoms with E-state index in [0.29, 0.717) is 6.54 Å². The number of piperidine rings is 1. The first kappa shape index (κ1) is 15.0. The number of rotatable bonds is 4. The van der Waals surface area contributed by atoms with Crippen molar-refractivity contribution in [1.29, 1.82) is 0 Å². The highest BCUT2D eigenvalue weighted by Crippen LogP contribution is 2.27. The van der Waals surface area contributed by atoms with Gasteiger partial charge in [0.15, 0.2) is 0 Å². The molecule has 1 fully saturated rings. The van der Waals surface area contributed by atoms with Crippen LogP contribution in [0.1, 0.15) is 17.7 Å². The van der Waals surface area contributed by atoms with Crippen LogP contribution in [0.2, 0.25) is 0 Å². The molecule has 2 rings (SSSR count). The molecule has 1 aromatic heterocycles. The monoisotopic (exact) mass is 346 g/mol.